The Kier molecular flexibility index (Phi) is 4.22. The number of carbonyl (C=O) groups excluding carboxylic acids is 1. The Morgan fingerprint density at radius 3 is 2.45 bits per heavy atom. The van der Waals surface area contributed by atoms with Crippen molar-refractivity contribution in [1.29, 1.82) is 0 Å². The third-order valence-electron chi connectivity index (χ3n) is 4.06. The Balaban J connectivity index is 0.000000147. The van der Waals surface area contributed by atoms with Gasteiger partial charge in [0, 0.05) is 16.5 Å². The lowest BCUT2D eigenvalue weighted by atomic mass is 9.87. The molecule has 2 aliphatic heterocycles. The molecule has 0 bridgehead atoms. The van der Waals surface area contributed by atoms with Gasteiger partial charge in [-0.05, 0) is 31.4 Å². The summed E-state index contributed by atoms with van der Waals surface area (Å²) in [7, 11) is 0. The molecule has 20 heavy (non-hydrogen) atoms. The summed E-state index contributed by atoms with van der Waals surface area (Å²) in [5, 5.41) is 0. The van der Waals surface area contributed by atoms with Crippen molar-refractivity contribution in [3.8, 4) is 0 Å². The minimum absolute atomic E-state index is 0.247. The number of carbonyl (C=O) groups is 1. The summed E-state index contributed by atoms with van der Waals surface area (Å²) < 4.78 is 6.38. The average molecular weight is 336 g/mol. The van der Waals surface area contributed by atoms with Crippen molar-refractivity contribution in [2.24, 2.45) is 0 Å². The first-order chi connectivity index (χ1) is 9.75. The molecule has 1 aliphatic carbocycles. The van der Waals surface area contributed by atoms with Crippen LogP contribution in [-0.4, -0.2) is 30.2 Å². The quantitative estimate of drug-likeness (QED) is 0.679. The van der Waals surface area contributed by atoms with E-state index in [1.165, 1.54) is 12.0 Å². The van der Waals surface area contributed by atoms with E-state index in [1.807, 2.05) is 35.2 Å². The van der Waals surface area contributed by atoms with Crippen LogP contribution in [0.25, 0.3) is 0 Å². The van der Waals surface area contributed by atoms with Gasteiger partial charge < -0.3 is 9.64 Å². The molecule has 4 heteroatoms. The molecule has 0 N–H and O–H groups in total. The highest BCUT2D eigenvalue weighted by molar-refractivity contribution is 9.10. The smallest absolute Gasteiger partial charge is 0.251 e. The van der Waals surface area contributed by atoms with E-state index in [2.05, 4.69) is 15.9 Å². The molecule has 1 aromatic carbocycles. The zero-order chi connectivity index (χ0) is 13.9. The second-order valence-corrected chi connectivity index (χ2v) is 6.28. The van der Waals surface area contributed by atoms with Gasteiger partial charge in [0.1, 0.15) is 6.73 Å². The highest BCUT2D eigenvalue weighted by Crippen LogP contribution is 2.37. The molecule has 2 heterocycles. The maximum absolute atomic E-state index is 11.8. The van der Waals surface area contributed by atoms with Crippen molar-refractivity contribution in [3.63, 3.8) is 0 Å². The number of ether oxygens (including phenoxy) is 1. The number of fused-ring (bicyclic) bond motifs is 1. The maximum Gasteiger partial charge on any atom is 0.251 e. The van der Waals surface area contributed by atoms with E-state index in [9.17, 15) is 4.79 Å². The normalized spacial score (nSPS) is 24.1. The van der Waals surface area contributed by atoms with Crippen LogP contribution in [-0.2, 0) is 9.53 Å². The average Bonchev–Trinajstić information content (AvgIpc) is 2.94. The first kappa shape index (κ1) is 13.8. The van der Waals surface area contributed by atoms with Crippen LogP contribution < -0.4 is 0 Å². The van der Waals surface area contributed by atoms with E-state index in [0.29, 0.717) is 12.8 Å². The number of amides is 1. The monoisotopic (exact) mass is 335 g/mol. The SMILES string of the molecule is Brc1ccccc1.O=C1C(=C2CCC2)C[C@H]2COCN12. The number of halogens is 1. The Hall–Kier alpha value is -1.13. The topological polar surface area (TPSA) is 29.5 Å². The first-order valence-corrected chi connectivity index (χ1v) is 7.85. The number of nitrogens with zero attached hydrogens (tertiary/aromatic N) is 1. The van der Waals surface area contributed by atoms with Gasteiger partial charge in [-0.1, -0.05) is 39.7 Å². The van der Waals surface area contributed by atoms with E-state index < -0.39 is 0 Å². The molecule has 1 amide bonds. The van der Waals surface area contributed by atoms with Crippen LogP contribution >= 0.6 is 15.9 Å². The van der Waals surface area contributed by atoms with Crippen molar-refractivity contribution in [3.05, 3.63) is 46.0 Å². The second-order valence-electron chi connectivity index (χ2n) is 5.36. The van der Waals surface area contributed by atoms with E-state index in [0.717, 1.165) is 35.9 Å². The van der Waals surface area contributed by atoms with E-state index >= 15 is 0 Å². The maximum atomic E-state index is 11.8. The molecule has 1 saturated carbocycles. The lowest BCUT2D eigenvalue weighted by molar-refractivity contribution is -0.126. The van der Waals surface area contributed by atoms with Crippen molar-refractivity contribution < 1.29 is 9.53 Å². The molecule has 1 aromatic rings. The number of hydrogen-bond donors (Lipinski definition) is 0. The van der Waals surface area contributed by atoms with E-state index in [1.54, 1.807) is 0 Å². The molecule has 0 radical (unpaired) electrons. The molecule has 2 saturated heterocycles. The van der Waals surface area contributed by atoms with Crippen molar-refractivity contribution in [2.45, 2.75) is 31.7 Å². The van der Waals surface area contributed by atoms with Gasteiger partial charge in [-0.15, -0.1) is 0 Å². The van der Waals surface area contributed by atoms with Crippen molar-refractivity contribution in [1.82, 2.24) is 4.90 Å². The summed E-state index contributed by atoms with van der Waals surface area (Å²) in [6.45, 7) is 1.25. The summed E-state index contributed by atoms with van der Waals surface area (Å²) in [5.74, 6) is 0.247. The number of allylic oxidation sites excluding steroid dienone is 1. The molecule has 1 atom stereocenters. The highest BCUT2D eigenvalue weighted by atomic mass is 79.9. The summed E-state index contributed by atoms with van der Waals surface area (Å²) in [6.07, 6.45) is 4.52. The van der Waals surface area contributed by atoms with E-state index in [-0.39, 0.29) is 5.91 Å². The molecule has 0 unspecified atom stereocenters. The fourth-order valence-corrected chi connectivity index (χ4v) is 3.04. The molecular formula is C16H18BrNO2. The highest BCUT2D eigenvalue weighted by Gasteiger charge is 2.40. The lowest BCUT2D eigenvalue weighted by Gasteiger charge is -2.19. The predicted octanol–water partition coefficient (Wildman–Crippen LogP) is 3.50. The minimum Gasteiger partial charge on any atom is -0.359 e. The molecule has 0 spiro atoms. The zero-order valence-electron chi connectivity index (χ0n) is 11.3. The van der Waals surface area contributed by atoms with Crippen LogP contribution in [0.15, 0.2) is 46.0 Å². The van der Waals surface area contributed by atoms with Crippen molar-refractivity contribution in [2.75, 3.05) is 13.3 Å². The summed E-state index contributed by atoms with van der Waals surface area (Å²) in [5.41, 5.74) is 2.53. The molecular weight excluding hydrogens is 318 g/mol. The Morgan fingerprint density at radius 2 is 1.95 bits per heavy atom. The van der Waals surface area contributed by atoms with Gasteiger partial charge in [-0.25, -0.2) is 0 Å². The summed E-state index contributed by atoms with van der Waals surface area (Å²) >= 11 is 3.31. The third kappa shape index (κ3) is 2.81. The van der Waals surface area contributed by atoms with Crippen LogP contribution in [0.5, 0.6) is 0 Å². The van der Waals surface area contributed by atoms with Crippen LogP contribution in [0.2, 0.25) is 0 Å². The largest absolute Gasteiger partial charge is 0.359 e. The van der Waals surface area contributed by atoms with Crippen LogP contribution in [0.4, 0.5) is 0 Å². The Labute approximate surface area is 127 Å². The lowest BCUT2D eigenvalue weighted by Crippen LogP contribution is -2.28. The fourth-order valence-electron chi connectivity index (χ4n) is 2.74. The van der Waals surface area contributed by atoms with Gasteiger partial charge in [0.25, 0.3) is 5.91 Å². The third-order valence-corrected chi connectivity index (χ3v) is 4.59. The van der Waals surface area contributed by atoms with Gasteiger partial charge in [0.05, 0.1) is 12.6 Å². The predicted molar refractivity (Wildman–Crippen MR) is 81.1 cm³/mol. The molecule has 0 aromatic heterocycles. The van der Waals surface area contributed by atoms with Crippen molar-refractivity contribution >= 4 is 21.8 Å². The summed E-state index contributed by atoms with van der Waals surface area (Å²) in [6, 6.07) is 10.3. The standard InChI is InChI=1S/C10H13NO2.C6H5Br/c12-10-9(7-2-1-3-7)4-8-5-13-6-11(8)10;7-6-4-2-1-3-5-6/h8H,1-6H2;1-5H/t8-;/m0./s1. The molecule has 3 aliphatic rings. The van der Waals surface area contributed by atoms with Crippen LogP contribution in [0.3, 0.4) is 0 Å². The molecule has 3 nitrogen and oxygen atoms in total. The van der Waals surface area contributed by atoms with Crippen LogP contribution in [0, 0.1) is 0 Å². The number of benzene rings is 1. The summed E-state index contributed by atoms with van der Waals surface area (Å²) in [4.78, 5) is 13.7. The first-order valence-electron chi connectivity index (χ1n) is 7.06. The van der Waals surface area contributed by atoms with Gasteiger partial charge in [0.2, 0.25) is 0 Å². The Bertz CT molecular complexity index is 521. The number of hydrogen-bond acceptors (Lipinski definition) is 2. The van der Waals surface area contributed by atoms with E-state index in [4.69, 9.17) is 4.74 Å². The molecule has 4 rings (SSSR count). The minimum atomic E-state index is 0.247. The fraction of sp³-hybridized carbons (Fsp3) is 0.438. The van der Waals surface area contributed by atoms with Gasteiger partial charge in [-0.3, -0.25) is 4.79 Å². The second kappa shape index (κ2) is 6.10. The Morgan fingerprint density at radius 1 is 1.20 bits per heavy atom. The van der Waals surface area contributed by atoms with Gasteiger partial charge >= 0.3 is 0 Å². The van der Waals surface area contributed by atoms with Crippen LogP contribution in [0.1, 0.15) is 25.7 Å². The number of rotatable bonds is 0. The van der Waals surface area contributed by atoms with Gasteiger partial charge in [-0.2, -0.15) is 0 Å². The van der Waals surface area contributed by atoms with Gasteiger partial charge in [0.15, 0.2) is 0 Å². The zero-order valence-corrected chi connectivity index (χ0v) is 12.9. The molecule has 106 valence electrons. The molecule has 3 fully saturated rings.